The highest BCUT2D eigenvalue weighted by atomic mass is 19.1. The van der Waals surface area contributed by atoms with Gasteiger partial charge < -0.3 is 4.90 Å². The quantitative estimate of drug-likeness (QED) is 0.668. The van der Waals surface area contributed by atoms with Gasteiger partial charge in [0.05, 0.1) is 11.7 Å². The average molecular weight is 377 g/mol. The van der Waals surface area contributed by atoms with Crippen LogP contribution in [-0.4, -0.2) is 27.1 Å². The van der Waals surface area contributed by atoms with Gasteiger partial charge in [-0.1, -0.05) is 38.1 Å². The molecule has 1 aliphatic rings. The van der Waals surface area contributed by atoms with Gasteiger partial charge in [-0.2, -0.15) is 5.10 Å². The van der Waals surface area contributed by atoms with E-state index in [-0.39, 0.29) is 17.8 Å². The number of hydrogen-bond donors (Lipinski definition) is 0. The monoisotopic (exact) mass is 377 g/mol. The summed E-state index contributed by atoms with van der Waals surface area (Å²) in [6.07, 6.45) is 0.850. The Morgan fingerprint density at radius 2 is 1.86 bits per heavy atom. The molecule has 2 aromatic carbocycles. The molecule has 1 atom stereocenters. The standard InChI is InChI=1S/C23H24FN3O/c1-15(2)22-19-7-5-4-6-16(19)12-13-27(22)23(28)20-14-21(26(3)25-20)17-8-10-18(24)11-9-17/h4-11,14-15,22H,12-13H2,1-3H3. The van der Waals surface area contributed by atoms with E-state index >= 15 is 0 Å². The summed E-state index contributed by atoms with van der Waals surface area (Å²) in [5, 5.41) is 4.47. The Labute approximate surface area is 164 Å². The van der Waals surface area contributed by atoms with Crippen LogP contribution in [0.25, 0.3) is 11.3 Å². The summed E-state index contributed by atoms with van der Waals surface area (Å²) in [7, 11) is 1.81. The SMILES string of the molecule is CC(C)C1c2ccccc2CCN1C(=O)c1cc(-c2ccc(F)cc2)n(C)n1. The predicted molar refractivity (Wildman–Crippen MR) is 107 cm³/mol. The van der Waals surface area contributed by atoms with Crippen molar-refractivity contribution < 1.29 is 9.18 Å². The minimum absolute atomic E-state index is 0.0359. The molecule has 1 aliphatic heterocycles. The van der Waals surface area contributed by atoms with E-state index in [0.29, 0.717) is 18.2 Å². The minimum atomic E-state index is -0.283. The molecule has 1 aromatic heterocycles. The molecule has 3 aromatic rings. The molecule has 5 heteroatoms. The van der Waals surface area contributed by atoms with Crippen molar-refractivity contribution in [2.75, 3.05) is 6.54 Å². The van der Waals surface area contributed by atoms with Crippen LogP contribution in [0.5, 0.6) is 0 Å². The van der Waals surface area contributed by atoms with E-state index in [2.05, 4.69) is 37.1 Å². The van der Waals surface area contributed by atoms with Gasteiger partial charge in [0, 0.05) is 13.6 Å². The zero-order valence-electron chi connectivity index (χ0n) is 16.4. The van der Waals surface area contributed by atoms with E-state index in [1.54, 1.807) is 29.9 Å². The Morgan fingerprint density at radius 3 is 2.57 bits per heavy atom. The molecule has 0 saturated heterocycles. The van der Waals surface area contributed by atoms with Crippen LogP contribution in [0, 0.1) is 11.7 Å². The highest BCUT2D eigenvalue weighted by molar-refractivity contribution is 5.94. The van der Waals surface area contributed by atoms with Crippen LogP contribution in [0.2, 0.25) is 0 Å². The summed E-state index contributed by atoms with van der Waals surface area (Å²) < 4.78 is 14.9. The summed E-state index contributed by atoms with van der Waals surface area (Å²) in [5.74, 6) is -0.0446. The van der Waals surface area contributed by atoms with Gasteiger partial charge in [-0.15, -0.1) is 0 Å². The molecule has 144 valence electrons. The Bertz CT molecular complexity index is 1010. The fourth-order valence-electron chi connectivity index (χ4n) is 4.15. The summed E-state index contributed by atoms with van der Waals surface area (Å²) in [5.41, 5.74) is 4.60. The number of aryl methyl sites for hydroxylation is 1. The van der Waals surface area contributed by atoms with Crippen molar-refractivity contribution in [2.45, 2.75) is 26.3 Å². The van der Waals surface area contributed by atoms with Crippen molar-refractivity contribution >= 4 is 5.91 Å². The Morgan fingerprint density at radius 1 is 1.14 bits per heavy atom. The summed E-state index contributed by atoms with van der Waals surface area (Å²) in [6.45, 7) is 4.98. The molecule has 0 radical (unpaired) electrons. The third-order valence-corrected chi connectivity index (χ3v) is 5.46. The molecule has 28 heavy (non-hydrogen) atoms. The molecule has 0 spiro atoms. The van der Waals surface area contributed by atoms with Crippen molar-refractivity contribution in [3.63, 3.8) is 0 Å². The topological polar surface area (TPSA) is 38.1 Å². The highest BCUT2D eigenvalue weighted by Crippen LogP contribution is 2.36. The third kappa shape index (κ3) is 3.21. The number of amides is 1. The first kappa shape index (κ1) is 18.4. The molecular formula is C23H24FN3O. The molecule has 1 unspecified atom stereocenters. The number of rotatable bonds is 3. The number of nitrogens with zero attached hydrogens (tertiary/aromatic N) is 3. The van der Waals surface area contributed by atoms with Crippen molar-refractivity contribution in [1.29, 1.82) is 0 Å². The van der Waals surface area contributed by atoms with E-state index in [0.717, 1.165) is 17.7 Å². The second kappa shape index (κ2) is 7.23. The number of hydrogen-bond acceptors (Lipinski definition) is 2. The first-order valence-electron chi connectivity index (χ1n) is 9.64. The van der Waals surface area contributed by atoms with Crippen molar-refractivity contribution in [3.05, 3.63) is 77.2 Å². The number of carbonyl (C=O) groups excluding carboxylic acids is 1. The highest BCUT2D eigenvalue weighted by Gasteiger charge is 2.34. The lowest BCUT2D eigenvalue weighted by Crippen LogP contribution is -2.42. The largest absolute Gasteiger partial charge is 0.330 e. The predicted octanol–water partition coefficient (Wildman–Crippen LogP) is 4.62. The Balaban J connectivity index is 1.68. The van der Waals surface area contributed by atoms with Gasteiger partial charge in [0.1, 0.15) is 5.82 Å². The second-order valence-corrected chi connectivity index (χ2v) is 7.68. The maximum atomic E-state index is 13.4. The molecule has 2 heterocycles. The molecule has 0 N–H and O–H groups in total. The molecule has 0 fully saturated rings. The van der Waals surface area contributed by atoms with Gasteiger partial charge in [-0.3, -0.25) is 9.48 Å². The molecule has 4 nitrogen and oxygen atoms in total. The van der Waals surface area contributed by atoms with Crippen LogP contribution in [-0.2, 0) is 13.5 Å². The lowest BCUT2D eigenvalue weighted by molar-refractivity contribution is 0.0596. The fraction of sp³-hybridized carbons (Fsp3) is 0.304. The van der Waals surface area contributed by atoms with E-state index in [9.17, 15) is 9.18 Å². The number of benzene rings is 2. The van der Waals surface area contributed by atoms with Crippen molar-refractivity contribution in [3.8, 4) is 11.3 Å². The lowest BCUT2D eigenvalue weighted by atomic mass is 9.86. The maximum Gasteiger partial charge on any atom is 0.274 e. The first-order valence-corrected chi connectivity index (χ1v) is 9.64. The minimum Gasteiger partial charge on any atom is -0.330 e. The zero-order valence-corrected chi connectivity index (χ0v) is 16.4. The molecular weight excluding hydrogens is 353 g/mol. The summed E-state index contributed by atoms with van der Waals surface area (Å²) in [6, 6.07) is 16.4. The molecule has 0 saturated carbocycles. The van der Waals surface area contributed by atoms with Gasteiger partial charge in [0.15, 0.2) is 5.69 Å². The molecule has 0 bridgehead atoms. The Hall–Kier alpha value is -2.95. The summed E-state index contributed by atoms with van der Waals surface area (Å²) >= 11 is 0. The zero-order chi connectivity index (χ0) is 19.8. The fourth-order valence-corrected chi connectivity index (χ4v) is 4.15. The first-order chi connectivity index (χ1) is 13.5. The number of fused-ring (bicyclic) bond motifs is 1. The van der Waals surface area contributed by atoms with Crippen molar-refractivity contribution in [1.82, 2.24) is 14.7 Å². The number of halogens is 1. The third-order valence-electron chi connectivity index (χ3n) is 5.46. The smallest absolute Gasteiger partial charge is 0.274 e. The van der Waals surface area contributed by atoms with Crippen LogP contribution in [0.3, 0.4) is 0 Å². The maximum absolute atomic E-state index is 13.4. The van der Waals surface area contributed by atoms with Crippen LogP contribution < -0.4 is 0 Å². The lowest BCUT2D eigenvalue weighted by Gasteiger charge is -2.39. The van der Waals surface area contributed by atoms with Crippen LogP contribution in [0.15, 0.2) is 54.6 Å². The normalized spacial score (nSPS) is 16.3. The second-order valence-electron chi connectivity index (χ2n) is 7.68. The number of aromatic nitrogens is 2. The average Bonchev–Trinajstić information content (AvgIpc) is 3.08. The van der Waals surface area contributed by atoms with Gasteiger partial charge in [-0.25, -0.2) is 4.39 Å². The van der Waals surface area contributed by atoms with E-state index in [1.807, 2.05) is 11.0 Å². The van der Waals surface area contributed by atoms with E-state index in [1.165, 1.54) is 23.3 Å². The van der Waals surface area contributed by atoms with Gasteiger partial charge in [0.25, 0.3) is 5.91 Å². The van der Waals surface area contributed by atoms with Gasteiger partial charge in [0.2, 0.25) is 0 Å². The van der Waals surface area contributed by atoms with E-state index < -0.39 is 0 Å². The number of carbonyl (C=O) groups is 1. The summed E-state index contributed by atoms with van der Waals surface area (Å²) in [4.78, 5) is 15.3. The van der Waals surface area contributed by atoms with Crippen molar-refractivity contribution in [2.24, 2.45) is 13.0 Å². The molecule has 4 rings (SSSR count). The van der Waals surface area contributed by atoms with Crippen LogP contribution in [0.4, 0.5) is 4.39 Å². The Kier molecular flexibility index (Phi) is 4.75. The molecule has 0 aliphatic carbocycles. The molecule has 1 amide bonds. The van der Waals surface area contributed by atoms with Gasteiger partial charge >= 0.3 is 0 Å². The van der Waals surface area contributed by atoms with Gasteiger partial charge in [-0.05, 0) is 59.4 Å². The van der Waals surface area contributed by atoms with Crippen LogP contribution in [0.1, 0.15) is 41.5 Å². The van der Waals surface area contributed by atoms with E-state index in [4.69, 9.17) is 0 Å². The van der Waals surface area contributed by atoms with Crippen LogP contribution >= 0.6 is 0 Å².